The van der Waals surface area contributed by atoms with Crippen molar-refractivity contribution in [2.75, 3.05) is 33.4 Å². The fourth-order valence-corrected chi connectivity index (χ4v) is 4.75. The second-order valence-electron chi connectivity index (χ2n) is 8.78. The lowest BCUT2D eigenvalue weighted by Crippen LogP contribution is -2.47. The molecule has 2 aromatic rings. The molecule has 180 valence electrons. The summed E-state index contributed by atoms with van der Waals surface area (Å²) in [6.07, 6.45) is 9.89. The van der Waals surface area contributed by atoms with Gasteiger partial charge < -0.3 is 25.0 Å². The molecular formula is C28H35N3O3. The summed E-state index contributed by atoms with van der Waals surface area (Å²) in [6, 6.07) is 16.7. The van der Waals surface area contributed by atoms with E-state index in [1.165, 1.54) is 0 Å². The summed E-state index contributed by atoms with van der Waals surface area (Å²) in [6.45, 7) is 2.82. The minimum absolute atomic E-state index is 0.0990. The fourth-order valence-electron chi connectivity index (χ4n) is 4.75. The van der Waals surface area contributed by atoms with E-state index in [0.29, 0.717) is 19.1 Å². The molecule has 2 aromatic carbocycles. The van der Waals surface area contributed by atoms with E-state index in [4.69, 9.17) is 9.84 Å². The maximum Gasteiger partial charge on any atom is 0.270 e. The molecule has 1 saturated heterocycles. The first-order chi connectivity index (χ1) is 16.7. The van der Waals surface area contributed by atoms with Gasteiger partial charge in [-0.25, -0.2) is 0 Å². The Labute approximate surface area is 202 Å². The van der Waals surface area contributed by atoms with Crippen LogP contribution >= 0.6 is 0 Å². The number of aliphatic hydroxyl groups is 1. The highest BCUT2D eigenvalue weighted by Gasteiger charge is 2.27. The molecule has 0 unspecified atom stereocenters. The molecule has 2 N–H and O–H groups in total. The number of aliphatic hydroxyl groups excluding tert-OH is 1. The highest BCUT2D eigenvalue weighted by atomic mass is 16.5. The normalized spacial score (nSPS) is 16.8. The van der Waals surface area contributed by atoms with E-state index in [1.807, 2.05) is 35.2 Å². The standard InChI is InChI=1S/C28H35N3O3/c1-34-27-13-7-6-11-25(27)24-10-5-4-9-22(24)21-31-17-8-2-3-12-26(31)28(33)30-18-14-23(15-19-30)29-16-20-32/h4-13,17,23,29,32H,2-3,14-16,18-21H2,1H3. The Kier molecular flexibility index (Phi) is 8.39. The van der Waals surface area contributed by atoms with Gasteiger partial charge in [-0.3, -0.25) is 4.79 Å². The zero-order valence-electron chi connectivity index (χ0n) is 20.0. The summed E-state index contributed by atoms with van der Waals surface area (Å²) >= 11 is 0. The number of carbonyl (C=O) groups excluding carboxylic acids is 1. The lowest BCUT2D eigenvalue weighted by atomic mass is 9.98. The van der Waals surface area contributed by atoms with Gasteiger partial charge >= 0.3 is 0 Å². The van der Waals surface area contributed by atoms with Crippen LogP contribution < -0.4 is 10.1 Å². The molecule has 0 spiro atoms. The summed E-state index contributed by atoms with van der Waals surface area (Å²) in [5, 5.41) is 12.4. The van der Waals surface area contributed by atoms with Crippen LogP contribution in [0.4, 0.5) is 0 Å². The minimum atomic E-state index is 0.0990. The molecule has 0 aliphatic carbocycles. The molecular weight excluding hydrogens is 426 g/mol. The summed E-state index contributed by atoms with van der Waals surface area (Å²) in [5.74, 6) is 0.938. The predicted molar refractivity (Wildman–Crippen MR) is 135 cm³/mol. The van der Waals surface area contributed by atoms with Crippen molar-refractivity contribution < 1.29 is 14.6 Å². The number of rotatable bonds is 8. The summed E-state index contributed by atoms with van der Waals surface area (Å²) in [7, 11) is 1.70. The molecule has 0 atom stereocenters. The maximum absolute atomic E-state index is 13.6. The smallest absolute Gasteiger partial charge is 0.270 e. The molecule has 6 heteroatoms. The molecule has 0 saturated carbocycles. The van der Waals surface area contributed by atoms with Crippen molar-refractivity contribution in [3.63, 3.8) is 0 Å². The van der Waals surface area contributed by atoms with Gasteiger partial charge in [0.2, 0.25) is 0 Å². The van der Waals surface area contributed by atoms with Gasteiger partial charge in [0.1, 0.15) is 11.4 Å². The zero-order valence-corrected chi connectivity index (χ0v) is 20.0. The Bertz CT molecular complexity index is 1030. The van der Waals surface area contributed by atoms with Crippen LogP contribution in [0.1, 0.15) is 31.2 Å². The Morgan fingerprint density at radius 3 is 2.56 bits per heavy atom. The first-order valence-electron chi connectivity index (χ1n) is 12.2. The summed E-state index contributed by atoms with van der Waals surface area (Å²) in [5.41, 5.74) is 4.06. The fraction of sp³-hybridized carbons (Fsp3) is 0.393. The third-order valence-corrected chi connectivity index (χ3v) is 6.57. The molecule has 6 nitrogen and oxygen atoms in total. The Hall–Kier alpha value is -3.09. The molecule has 34 heavy (non-hydrogen) atoms. The van der Waals surface area contributed by atoms with Gasteiger partial charge in [0.25, 0.3) is 5.91 Å². The molecule has 0 bridgehead atoms. The predicted octanol–water partition coefficient (Wildman–Crippen LogP) is 3.93. The molecule has 2 heterocycles. The molecule has 2 aliphatic rings. The minimum Gasteiger partial charge on any atom is -0.496 e. The number of hydrogen-bond donors (Lipinski definition) is 2. The van der Waals surface area contributed by atoms with E-state index in [9.17, 15) is 4.79 Å². The highest BCUT2D eigenvalue weighted by Crippen LogP contribution is 2.33. The number of benzene rings is 2. The van der Waals surface area contributed by atoms with Crippen molar-refractivity contribution in [2.24, 2.45) is 0 Å². The van der Waals surface area contributed by atoms with E-state index in [0.717, 1.165) is 66.9 Å². The Morgan fingerprint density at radius 2 is 1.79 bits per heavy atom. The van der Waals surface area contributed by atoms with Gasteiger partial charge in [0.05, 0.1) is 13.7 Å². The molecule has 1 fully saturated rings. The van der Waals surface area contributed by atoms with Crippen molar-refractivity contribution in [3.8, 4) is 16.9 Å². The molecule has 2 aliphatic heterocycles. The number of carbonyl (C=O) groups is 1. The molecule has 0 radical (unpaired) electrons. The second kappa shape index (κ2) is 11.9. The number of likely N-dealkylation sites (tertiary alicyclic amines) is 1. The van der Waals surface area contributed by atoms with Crippen molar-refractivity contribution in [3.05, 3.63) is 78.1 Å². The maximum atomic E-state index is 13.6. The van der Waals surface area contributed by atoms with Crippen LogP contribution in [-0.2, 0) is 11.3 Å². The number of amides is 1. The highest BCUT2D eigenvalue weighted by molar-refractivity contribution is 5.93. The first kappa shape index (κ1) is 24.0. The van der Waals surface area contributed by atoms with Gasteiger partial charge in [0.15, 0.2) is 0 Å². The van der Waals surface area contributed by atoms with Crippen LogP contribution in [-0.4, -0.2) is 60.2 Å². The van der Waals surface area contributed by atoms with Gasteiger partial charge in [-0.05, 0) is 42.9 Å². The van der Waals surface area contributed by atoms with Crippen molar-refractivity contribution in [2.45, 2.75) is 38.3 Å². The number of nitrogens with one attached hydrogen (secondary N) is 1. The van der Waals surface area contributed by atoms with Crippen LogP contribution in [0, 0.1) is 0 Å². The average molecular weight is 462 g/mol. The first-order valence-corrected chi connectivity index (χ1v) is 12.2. The largest absolute Gasteiger partial charge is 0.496 e. The van der Waals surface area contributed by atoms with Gasteiger partial charge in [0, 0.05) is 44.0 Å². The number of nitrogens with zero attached hydrogens (tertiary/aromatic N) is 2. The molecule has 4 rings (SSSR count). The van der Waals surface area contributed by atoms with Crippen molar-refractivity contribution in [1.29, 1.82) is 0 Å². The van der Waals surface area contributed by atoms with Gasteiger partial charge in [-0.1, -0.05) is 54.6 Å². The average Bonchev–Trinajstić information content (AvgIpc) is 3.13. The number of ether oxygens (including phenoxy) is 1. The molecule has 1 amide bonds. The summed E-state index contributed by atoms with van der Waals surface area (Å²) in [4.78, 5) is 17.7. The summed E-state index contributed by atoms with van der Waals surface area (Å²) < 4.78 is 5.62. The van der Waals surface area contributed by atoms with E-state index in [1.54, 1.807) is 7.11 Å². The van der Waals surface area contributed by atoms with E-state index >= 15 is 0 Å². The van der Waals surface area contributed by atoms with Crippen LogP contribution in [0.15, 0.2) is 72.6 Å². The van der Waals surface area contributed by atoms with Crippen LogP contribution in [0.2, 0.25) is 0 Å². The van der Waals surface area contributed by atoms with Crippen LogP contribution in [0.25, 0.3) is 11.1 Å². The lowest BCUT2D eigenvalue weighted by molar-refractivity contribution is -0.129. The van der Waals surface area contributed by atoms with E-state index < -0.39 is 0 Å². The second-order valence-corrected chi connectivity index (χ2v) is 8.78. The quantitative estimate of drug-likeness (QED) is 0.624. The SMILES string of the molecule is COc1ccccc1-c1ccccc1CN1C=CCCC=C1C(=O)N1CCC(NCCO)CC1. The topological polar surface area (TPSA) is 65.0 Å². The zero-order chi connectivity index (χ0) is 23.8. The lowest BCUT2D eigenvalue weighted by Gasteiger charge is -2.35. The molecule has 0 aromatic heterocycles. The van der Waals surface area contributed by atoms with Crippen LogP contribution in [0.5, 0.6) is 5.75 Å². The van der Waals surface area contributed by atoms with E-state index in [2.05, 4.69) is 46.8 Å². The van der Waals surface area contributed by atoms with Gasteiger partial charge in [-0.15, -0.1) is 0 Å². The van der Waals surface area contributed by atoms with Crippen molar-refractivity contribution in [1.82, 2.24) is 15.1 Å². The van der Waals surface area contributed by atoms with Crippen molar-refractivity contribution >= 4 is 5.91 Å². The third-order valence-electron chi connectivity index (χ3n) is 6.57. The number of piperidine rings is 1. The van der Waals surface area contributed by atoms with E-state index in [-0.39, 0.29) is 12.5 Å². The van der Waals surface area contributed by atoms with Gasteiger partial charge in [-0.2, -0.15) is 0 Å². The number of allylic oxidation sites excluding steroid dienone is 2. The Balaban J connectivity index is 1.53. The van der Waals surface area contributed by atoms with Crippen LogP contribution in [0.3, 0.4) is 0 Å². The number of para-hydroxylation sites is 1. The number of methoxy groups -OCH3 is 1. The third kappa shape index (κ3) is 5.69. The monoisotopic (exact) mass is 461 g/mol. The Morgan fingerprint density at radius 1 is 1.06 bits per heavy atom. The number of hydrogen-bond acceptors (Lipinski definition) is 5.